The molecule has 1 aliphatic rings. The maximum atomic E-state index is 11.8. The third-order valence-corrected chi connectivity index (χ3v) is 3.63. The maximum absolute atomic E-state index is 11.8. The summed E-state index contributed by atoms with van der Waals surface area (Å²) in [5.74, 6) is 0.268. The smallest absolute Gasteiger partial charge is 0.269 e. The van der Waals surface area contributed by atoms with E-state index in [1.807, 2.05) is 13.8 Å². The molecular formula is C13H16N2O3. The monoisotopic (exact) mass is 248 g/mol. The predicted octanol–water partition coefficient (Wildman–Crippen LogP) is 2.22. The van der Waals surface area contributed by atoms with Gasteiger partial charge in [0.15, 0.2) is 0 Å². The Labute approximate surface area is 105 Å². The van der Waals surface area contributed by atoms with Crippen LogP contribution in [0, 0.1) is 16.0 Å². The van der Waals surface area contributed by atoms with Gasteiger partial charge in [0, 0.05) is 36.6 Å². The first-order valence-corrected chi connectivity index (χ1v) is 6.02. The van der Waals surface area contributed by atoms with Crippen LogP contribution < -0.4 is 5.32 Å². The van der Waals surface area contributed by atoms with E-state index in [9.17, 15) is 14.9 Å². The summed E-state index contributed by atoms with van der Waals surface area (Å²) in [4.78, 5) is 22.0. The van der Waals surface area contributed by atoms with Gasteiger partial charge in [-0.05, 0) is 12.5 Å². The van der Waals surface area contributed by atoms with Crippen LogP contribution in [0.15, 0.2) is 24.3 Å². The van der Waals surface area contributed by atoms with Crippen LogP contribution in [0.5, 0.6) is 0 Å². The van der Waals surface area contributed by atoms with Crippen molar-refractivity contribution in [2.45, 2.75) is 32.4 Å². The van der Waals surface area contributed by atoms with Gasteiger partial charge in [0.2, 0.25) is 0 Å². The molecule has 2 rings (SSSR count). The van der Waals surface area contributed by atoms with Gasteiger partial charge in [0.25, 0.3) is 5.69 Å². The molecule has 0 amide bonds. The number of hydrogen-bond acceptors (Lipinski definition) is 4. The number of nitrogens with zero attached hydrogens (tertiary/aromatic N) is 1. The van der Waals surface area contributed by atoms with Crippen LogP contribution >= 0.6 is 0 Å². The molecule has 18 heavy (non-hydrogen) atoms. The lowest BCUT2D eigenvalue weighted by Gasteiger charge is -2.32. The number of ketones is 1. The first-order valence-electron chi connectivity index (χ1n) is 6.02. The second-order valence-corrected chi connectivity index (χ2v) is 4.82. The predicted molar refractivity (Wildman–Crippen MR) is 67.2 cm³/mol. The van der Waals surface area contributed by atoms with Crippen molar-refractivity contribution >= 4 is 11.5 Å². The molecule has 1 fully saturated rings. The lowest BCUT2D eigenvalue weighted by atomic mass is 9.86. The third kappa shape index (κ3) is 2.41. The molecule has 1 aromatic carbocycles. The van der Waals surface area contributed by atoms with Crippen molar-refractivity contribution in [2.24, 2.45) is 5.92 Å². The molecule has 5 nitrogen and oxygen atoms in total. The number of benzene rings is 1. The van der Waals surface area contributed by atoms with E-state index in [1.165, 1.54) is 12.1 Å². The van der Waals surface area contributed by atoms with Crippen molar-refractivity contribution in [3.8, 4) is 0 Å². The fourth-order valence-electron chi connectivity index (χ4n) is 2.23. The Balaban J connectivity index is 2.17. The molecule has 5 heteroatoms. The Hall–Kier alpha value is -1.75. The van der Waals surface area contributed by atoms with Crippen LogP contribution in [-0.2, 0) is 4.79 Å². The zero-order valence-electron chi connectivity index (χ0n) is 10.4. The number of nitro benzene ring substituents is 1. The van der Waals surface area contributed by atoms with Crippen molar-refractivity contribution in [1.82, 2.24) is 5.32 Å². The molecule has 1 saturated heterocycles. The molecule has 0 radical (unpaired) electrons. The van der Waals surface area contributed by atoms with Crippen LogP contribution in [-0.4, -0.2) is 16.7 Å². The minimum absolute atomic E-state index is 0.0271. The SMILES string of the molecule is C[C@@H]1N[C@H](c2ccc([N+](=O)[O-])cc2)CC(=O)[C@H]1C. The Bertz CT molecular complexity index is 470. The molecule has 3 atom stereocenters. The van der Waals surface area contributed by atoms with E-state index in [4.69, 9.17) is 0 Å². The molecule has 1 aromatic rings. The van der Waals surface area contributed by atoms with Gasteiger partial charge in [-0.15, -0.1) is 0 Å². The number of non-ortho nitro benzene ring substituents is 1. The van der Waals surface area contributed by atoms with Crippen LogP contribution in [0.4, 0.5) is 5.69 Å². The molecule has 0 saturated carbocycles. The van der Waals surface area contributed by atoms with E-state index in [-0.39, 0.29) is 29.5 Å². The quantitative estimate of drug-likeness (QED) is 0.643. The van der Waals surface area contributed by atoms with Gasteiger partial charge in [0.1, 0.15) is 5.78 Å². The topological polar surface area (TPSA) is 72.2 Å². The van der Waals surface area contributed by atoms with Crippen molar-refractivity contribution in [3.63, 3.8) is 0 Å². The Morgan fingerprint density at radius 2 is 1.89 bits per heavy atom. The van der Waals surface area contributed by atoms with Crippen molar-refractivity contribution in [1.29, 1.82) is 0 Å². The van der Waals surface area contributed by atoms with E-state index in [0.29, 0.717) is 6.42 Å². The number of nitro groups is 1. The molecule has 0 bridgehead atoms. The Morgan fingerprint density at radius 3 is 2.39 bits per heavy atom. The minimum atomic E-state index is -0.423. The summed E-state index contributed by atoms with van der Waals surface area (Å²) in [6.45, 7) is 3.91. The zero-order chi connectivity index (χ0) is 13.3. The van der Waals surface area contributed by atoms with Crippen molar-refractivity contribution < 1.29 is 9.72 Å². The molecule has 1 N–H and O–H groups in total. The molecule has 0 unspecified atom stereocenters. The summed E-state index contributed by atoms with van der Waals surface area (Å²) < 4.78 is 0. The number of carbonyl (C=O) groups excluding carboxylic acids is 1. The lowest BCUT2D eigenvalue weighted by Crippen LogP contribution is -2.45. The molecule has 0 aliphatic carbocycles. The second kappa shape index (κ2) is 4.86. The highest BCUT2D eigenvalue weighted by molar-refractivity contribution is 5.83. The first-order chi connectivity index (χ1) is 8.49. The van der Waals surface area contributed by atoms with E-state index in [0.717, 1.165) is 5.56 Å². The van der Waals surface area contributed by atoms with Gasteiger partial charge in [-0.2, -0.15) is 0 Å². The Kier molecular flexibility index (Phi) is 3.43. The fraction of sp³-hybridized carbons (Fsp3) is 0.462. The standard InChI is InChI=1S/C13H16N2O3/c1-8-9(2)14-12(7-13(8)16)10-3-5-11(6-4-10)15(17)18/h3-6,8-9,12,14H,7H2,1-2H3/t8-,9-,12-/m0/s1. The van der Waals surface area contributed by atoms with Gasteiger partial charge >= 0.3 is 0 Å². The zero-order valence-corrected chi connectivity index (χ0v) is 10.4. The number of nitrogens with one attached hydrogen (secondary N) is 1. The van der Waals surface area contributed by atoms with Crippen molar-refractivity contribution in [2.75, 3.05) is 0 Å². The van der Waals surface area contributed by atoms with E-state index >= 15 is 0 Å². The van der Waals surface area contributed by atoms with Crippen LogP contribution in [0.2, 0.25) is 0 Å². The van der Waals surface area contributed by atoms with Crippen LogP contribution in [0.3, 0.4) is 0 Å². The van der Waals surface area contributed by atoms with Gasteiger partial charge in [-0.1, -0.05) is 19.1 Å². The molecule has 96 valence electrons. The number of piperidine rings is 1. The molecule has 1 heterocycles. The maximum Gasteiger partial charge on any atom is 0.269 e. The minimum Gasteiger partial charge on any atom is -0.306 e. The van der Waals surface area contributed by atoms with Gasteiger partial charge < -0.3 is 5.32 Å². The summed E-state index contributed by atoms with van der Waals surface area (Å²) in [6.07, 6.45) is 0.448. The molecule has 0 spiro atoms. The summed E-state index contributed by atoms with van der Waals surface area (Å²) in [6, 6.07) is 6.47. The number of hydrogen-bond donors (Lipinski definition) is 1. The van der Waals surface area contributed by atoms with Crippen LogP contribution in [0.25, 0.3) is 0 Å². The highest BCUT2D eigenvalue weighted by atomic mass is 16.6. The number of rotatable bonds is 2. The van der Waals surface area contributed by atoms with Crippen molar-refractivity contribution in [3.05, 3.63) is 39.9 Å². The molecule has 0 aromatic heterocycles. The average Bonchev–Trinajstić information content (AvgIpc) is 2.35. The first kappa shape index (κ1) is 12.7. The highest BCUT2D eigenvalue weighted by Crippen LogP contribution is 2.27. The van der Waals surface area contributed by atoms with E-state index in [1.54, 1.807) is 12.1 Å². The molecule has 1 aliphatic heterocycles. The van der Waals surface area contributed by atoms with E-state index < -0.39 is 4.92 Å². The largest absolute Gasteiger partial charge is 0.306 e. The summed E-state index contributed by atoms with van der Waals surface area (Å²) in [7, 11) is 0. The second-order valence-electron chi connectivity index (χ2n) is 4.82. The van der Waals surface area contributed by atoms with E-state index in [2.05, 4.69) is 5.32 Å². The third-order valence-electron chi connectivity index (χ3n) is 3.63. The lowest BCUT2D eigenvalue weighted by molar-refractivity contribution is -0.384. The number of carbonyl (C=O) groups is 1. The average molecular weight is 248 g/mol. The summed E-state index contributed by atoms with van der Waals surface area (Å²) in [5.41, 5.74) is 0.995. The van der Waals surface area contributed by atoms with Gasteiger partial charge in [-0.25, -0.2) is 0 Å². The summed E-state index contributed by atoms with van der Waals surface area (Å²) >= 11 is 0. The van der Waals surface area contributed by atoms with Gasteiger partial charge in [0.05, 0.1) is 4.92 Å². The molecular weight excluding hydrogens is 232 g/mol. The van der Waals surface area contributed by atoms with Gasteiger partial charge in [-0.3, -0.25) is 14.9 Å². The van der Waals surface area contributed by atoms with Crippen LogP contribution in [0.1, 0.15) is 31.9 Å². The summed E-state index contributed by atoms with van der Waals surface area (Å²) in [5, 5.41) is 13.9. The Morgan fingerprint density at radius 1 is 1.28 bits per heavy atom. The highest BCUT2D eigenvalue weighted by Gasteiger charge is 2.31. The normalized spacial score (nSPS) is 28.1. The number of Topliss-reactive ketones (excluding diaryl/α,β-unsaturated/α-hetero) is 1. The fourth-order valence-corrected chi connectivity index (χ4v) is 2.23.